The van der Waals surface area contributed by atoms with Crippen molar-refractivity contribution in [3.63, 3.8) is 0 Å². The number of fused-ring (bicyclic) bond motifs is 1. The van der Waals surface area contributed by atoms with Crippen LogP contribution < -0.4 is 5.56 Å². The van der Waals surface area contributed by atoms with Crippen molar-refractivity contribution < 1.29 is 9.47 Å². The number of H-pyrrole nitrogens is 1. The molecule has 7 heteroatoms. The fraction of sp³-hybridized carbons (Fsp3) is 0.389. The second kappa shape index (κ2) is 7.16. The van der Waals surface area contributed by atoms with E-state index in [9.17, 15) is 4.79 Å². The van der Waals surface area contributed by atoms with Crippen LogP contribution in [0, 0.1) is 0 Å². The third-order valence-corrected chi connectivity index (χ3v) is 4.30. The van der Waals surface area contributed by atoms with Crippen LogP contribution in [0.2, 0.25) is 0 Å². The predicted molar refractivity (Wildman–Crippen MR) is 92.3 cm³/mol. The van der Waals surface area contributed by atoms with Crippen LogP contribution in [0.4, 0.5) is 0 Å². The Kier molecular flexibility index (Phi) is 4.58. The highest BCUT2D eigenvalue weighted by Gasteiger charge is 2.14. The minimum Gasteiger partial charge on any atom is -0.376 e. The third-order valence-electron chi connectivity index (χ3n) is 4.30. The molecule has 0 saturated carbocycles. The van der Waals surface area contributed by atoms with Crippen molar-refractivity contribution in [2.45, 2.75) is 32.0 Å². The second-order valence-electron chi connectivity index (χ2n) is 6.19. The molecule has 1 aliphatic heterocycles. The van der Waals surface area contributed by atoms with Crippen LogP contribution in [-0.2, 0) is 16.1 Å². The fourth-order valence-corrected chi connectivity index (χ4v) is 3.02. The molecular formula is C18H20N4O3. The first-order valence-electron chi connectivity index (χ1n) is 8.51. The Bertz CT molecular complexity index is 898. The summed E-state index contributed by atoms with van der Waals surface area (Å²) in [4.78, 5) is 20.9. The summed E-state index contributed by atoms with van der Waals surface area (Å²) in [6, 6.07) is 7.12. The molecule has 0 bridgehead atoms. The maximum atomic E-state index is 12.3. The molecular weight excluding hydrogens is 320 g/mol. The molecule has 1 N–H and O–H groups in total. The summed E-state index contributed by atoms with van der Waals surface area (Å²) in [6.45, 7) is 1.65. The highest BCUT2D eigenvalue weighted by molar-refractivity contribution is 5.62. The Balaban J connectivity index is 1.50. The topological polar surface area (TPSA) is 81.5 Å². The van der Waals surface area contributed by atoms with E-state index in [-0.39, 0.29) is 11.7 Å². The molecule has 0 aliphatic carbocycles. The van der Waals surface area contributed by atoms with Gasteiger partial charge < -0.3 is 9.47 Å². The van der Waals surface area contributed by atoms with Gasteiger partial charge in [-0.3, -0.25) is 14.9 Å². The van der Waals surface area contributed by atoms with E-state index in [0.29, 0.717) is 24.6 Å². The molecule has 1 atom stereocenters. The molecule has 0 radical (unpaired) electrons. The van der Waals surface area contributed by atoms with Gasteiger partial charge in [0, 0.05) is 36.7 Å². The summed E-state index contributed by atoms with van der Waals surface area (Å²) in [5.74, 6) is 0. The summed E-state index contributed by atoms with van der Waals surface area (Å²) in [7, 11) is 0. The number of rotatable bonds is 5. The van der Waals surface area contributed by atoms with Crippen LogP contribution >= 0.6 is 0 Å². The maximum Gasteiger partial charge on any atom is 0.272 e. The zero-order chi connectivity index (χ0) is 17.1. The highest BCUT2D eigenvalue weighted by Crippen LogP contribution is 2.17. The van der Waals surface area contributed by atoms with Crippen molar-refractivity contribution in [1.82, 2.24) is 19.6 Å². The van der Waals surface area contributed by atoms with Crippen LogP contribution in [0.15, 0.2) is 41.5 Å². The average Bonchev–Trinajstić information content (AvgIpc) is 3.08. The molecule has 0 amide bonds. The van der Waals surface area contributed by atoms with E-state index >= 15 is 0 Å². The summed E-state index contributed by atoms with van der Waals surface area (Å²) in [5.41, 5.74) is 2.73. The Labute approximate surface area is 144 Å². The van der Waals surface area contributed by atoms with Crippen LogP contribution in [0.5, 0.6) is 0 Å². The van der Waals surface area contributed by atoms with Gasteiger partial charge in [0.25, 0.3) is 5.56 Å². The summed E-state index contributed by atoms with van der Waals surface area (Å²) in [5, 5.41) is 3.06. The van der Waals surface area contributed by atoms with Gasteiger partial charge in [-0.2, -0.15) is 0 Å². The summed E-state index contributed by atoms with van der Waals surface area (Å²) < 4.78 is 12.8. The largest absolute Gasteiger partial charge is 0.376 e. The lowest BCUT2D eigenvalue weighted by Gasteiger charge is -2.22. The van der Waals surface area contributed by atoms with Crippen LogP contribution in [0.25, 0.3) is 16.9 Å². The van der Waals surface area contributed by atoms with Gasteiger partial charge in [0.2, 0.25) is 0 Å². The van der Waals surface area contributed by atoms with Gasteiger partial charge in [-0.25, -0.2) is 9.50 Å². The Hall–Kier alpha value is -2.51. The zero-order valence-electron chi connectivity index (χ0n) is 13.9. The lowest BCUT2D eigenvalue weighted by atomic mass is 10.1. The first kappa shape index (κ1) is 16.0. The molecule has 4 rings (SSSR count). The predicted octanol–water partition coefficient (Wildman–Crippen LogP) is 2.17. The van der Waals surface area contributed by atoms with Crippen molar-refractivity contribution in [2.24, 2.45) is 0 Å². The van der Waals surface area contributed by atoms with Gasteiger partial charge >= 0.3 is 0 Å². The first-order chi connectivity index (χ1) is 12.3. The Morgan fingerprint density at radius 1 is 1.36 bits per heavy atom. The Morgan fingerprint density at radius 2 is 2.32 bits per heavy atom. The van der Waals surface area contributed by atoms with E-state index in [1.165, 1.54) is 17.0 Å². The van der Waals surface area contributed by atoms with E-state index in [1.807, 2.05) is 18.2 Å². The van der Waals surface area contributed by atoms with Crippen molar-refractivity contribution in [2.75, 3.05) is 13.2 Å². The summed E-state index contributed by atoms with van der Waals surface area (Å²) >= 11 is 0. The van der Waals surface area contributed by atoms with Gasteiger partial charge in [-0.1, -0.05) is 0 Å². The lowest BCUT2D eigenvalue weighted by Crippen LogP contribution is -2.24. The van der Waals surface area contributed by atoms with E-state index in [1.54, 1.807) is 12.4 Å². The maximum absolute atomic E-state index is 12.3. The second-order valence-corrected chi connectivity index (χ2v) is 6.19. The number of nitrogens with one attached hydrogen (secondary N) is 1. The number of aromatic amines is 1. The number of ether oxygens (including phenoxy) is 2. The smallest absolute Gasteiger partial charge is 0.272 e. The van der Waals surface area contributed by atoms with Crippen LogP contribution in [0.3, 0.4) is 0 Å². The number of hydrogen-bond donors (Lipinski definition) is 1. The van der Waals surface area contributed by atoms with Gasteiger partial charge in [-0.15, -0.1) is 0 Å². The van der Waals surface area contributed by atoms with Crippen molar-refractivity contribution in [3.05, 3.63) is 52.7 Å². The quantitative estimate of drug-likeness (QED) is 0.770. The van der Waals surface area contributed by atoms with E-state index in [0.717, 1.165) is 30.7 Å². The van der Waals surface area contributed by atoms with Gasteiger partial charge in [-0.05, 0) is 31.4 Å². The number of pyridine rings is 1. The molecule has 3 aromatic rings. The third kappa shape index (κ3) is 3.62. The molecule has 1 aliphatic rings. The van der Waals surface area contributed by atoms with E-state index < -0.39 is 0 Å². The zero-order valence-corrected chi connectivity index (χ0v) is 13.9. The highest BCUT2D eigenvalue weighted by atomic mass is 16.5. The molecule has 4 heterocycles. The number of hydrogen-bond acceptors (Lipinski definition) is 5. The minimum atomic E-state index is -0.160. The minimum absolute atomic E-state index is 0.156. The molecule has 0 aromatic carbocycles. The molecule has 7 nitrogen and oxygen atoms in total. The van der Waals surface area contributed by atoms with Crippen LogP contribution in [-0.4, -0.2) is 38.9 Å². The number of aromatic nitrogens is 4. The van der Waals surface area contributed by atoms with Crippen LogP contribution in [0.1, 0.15) is 25.0 Å². The molecule has 0 spiro atoms. The van der Waals surface area contributed by atoms with Crippen molar-refractivity contribution >= 4 is 5.65 Å². The van der Waals surface area contributed by atoms with Gasteiger partial charge in [0.1, 0.15) is 0 Å². The first-order valence-corrected chi connectivity index (χ1v) is 8.51. The monoisotopic (exact) mass is 340 g/mol. The molecule has 1 saturated heterocycles. The standard InChI is InChI=1S/C18H20N4O3/c23-18-8-14(11-24-12-15-5-1-2-7-25-15)20-17-9-16(21-22(17)18)13-4-3-6-19-10-13/h3-4,6,8-10,15,21H,1-2,5,7,11-12H2. The average molecular weight is 340 g/mol. The molecule has 130 valence electrons. The summed E-state index contributed by atoms with van der Waals surface area (Å²) in [6.07, 6.45) is 6.94. The molecule has 1 unspecified atom stereocenters. The lowest BCUT2D eigenvalue weighted by molar-refractivity contribution is -0.0452. The SMILES string of the molecule is O=c1cc(COCC2CCCCO2)nc2cc(-c3cccnc3)[nH]n12. The molecule has 3 aromatic heterocycles. The fourth-order valence-electron chi connectivity index (χ4n) is 3.02. The van der Waals surface area contributed by atoms with Crippen molar-refractivity contribution in [3.8, 4) is 11.3 Å². The number of nitrogens with zero attached hydrogens (tertiary/aromatic N) is 3. The Morgan fingerprint density at radius 3 is 3.12 bits per heavy atom. The van der Waals surface area contributed by atoms with E-state index in [4.69, 9.17) is 9.47 Å². The van der Waals surface area contributed by atoms with E-state index in [2.05, 4.69) is 15.1 Å². The van der Waals surface area contributed by atoms with Gasteiger partial charge in [0.15, 0.2) is 5.65 Å². The van der Waals surface area contributed by atoms with Gasteiger partial charge in [0.05, 0.1) is 30.7 Å². The normalized spacial score (nSPS) is 17.8. The molecule has 1 fully saturated rings. The van der Waals surface area contributed by atoms with Crippen molar-refractivity contribution in [1.29, 1.82) is 0 Å². The molecule has 25 heavy (non-hydrogen) atoms.